The summed E-state index contributed by atoms with van der Waals surface area (Å²) in [7, 11) is 1.81. The third-order valence-corrected chi connectivity index (χ3v) is 3.78. The van der Waals surface area contributed by atoms with Crippen molar-refractivity contribution >= 4 is 16.9 Å². The van der Waals surface area contributed by atoms with E-state index < -0.39 is 0 Å². The van der Waals surface area contributed by atoms with Crippen LogP contribution in [0.25, 0.3) is 10.9 Å². The predicted octanol–water partition coefficient (Wildman–Crippen LogP) is 1.57. The Morgan fingerprint density at radius 2 is 2.21 bits per heavy atom. The monoisotopic (exact) mass is 259 g/mol. The van der Waals surface area contributed by atoms with Crippen LogP contribution in [-0.2, 0) is 0 Å². The van der Waals surface area contributed by atoms with Crippen LogP contribution in [0.5, 0.6) is 0 Å². The number of H-pyrrole nitrogens is 1. The number of rotatable bonds is 3. The van der Waals surface area contributed by atoms with E-state index in [1.165, 1.54) is 0 Å². The minimum absolute atomic E-state index is 0.000183. The van der Waals surface area contributed by atoms with E-state index in [0.717, 1.165) is 16.5 Å². The summed E-state index contributed by atoms with van der Waals surface area (Å²) in [6.07, 6.45) is 1.97. The normalized spacial score (nSPS) is 19.7. The molecule has 3 rings (SSSR count). The van der Waals surface area contributed by atoms with Crippen LogP contribution in [0.2, 0.25) is 0 Å². The van der Waals surface area contributed by atoms with Crippen molar-refractivity contribution < 1.29 is 9.90 Å². The van der Waals surface area contributed by atoms with E-state index in [9.17, 15) is 4.79 Å². The fraction of sp³-hybridized carbons (Fsp3) is 0.357. The molecule has 0 spiro atoms. The highest BCUT2D eigenvalue weighted by Gasteiger charge is 2.36. The number of para-hydroxylation sites is 1. The highest BCUT2D eigenvalue weighted by molar-refractivity contribution is 5.85. The van der Waals surface area contributed by atoms with Crippen molar-refractivity contribution in [3.63, 3.8) is 0 Å². The second-order valence-corrected chi connectivity index (χ2v) is 4.87. The quantitative estimate of drug-likeness (QED) is 0.879. The molecule has 2 amide bonds. The maximum Gasteiger partial charge on any atom is 0.320 e. The highest BCUT2D eigenvalue weighted by atomic mass is 16.3. The Labute approximate surface area is 111 Å². The first-order valence-corrected chi connectivity index (χ1v) is 6.41. The molecule has 1 unspecified atom stereocenters. The van der Waals surface area contributed by atoms with Crippen molar-refractivity contribution in [2.45, 2.75) is 6.04 Å². The van der Waals surface area contributed by atoms with Gasteiger partial charge in [-0.15, -0.1) is 0 Å². The average molecular weight is 259 g/mol. The van der Waals surface area contributed by atoms with Gasteiger partial charge >= 0.3 is 6.03 Å². The van der Waals surface area contributed by atoms with E-state index >= 15 is 0 Å². The average Bonchev–Trinajstić information content (AvgIpc) is 2.96. The number of amides is 2. The Morgan fingerprint density at radius 1 is 1.42 bits per heavy atom. The summed E-state index contributed by atoms with van der Waals surface area (Å²) in [5.41, 5.74) is 2.21. The second-order valence-electron chi connectivity index (χ2n) is 4.87. The van der Waals surface area contributed by atoms with Crippen LogP contribution in [0.1, 0.15) is 11.6 Å². The van der Waals surface area contributed by atoms with E-state index in [2.05, 4.69) is 11.1 Å². The number of likely N-dealkylation sites (N-methyl/N-ethyl adjacent to an activating group) is 1. The molecule has 1 fully saturated rings. The van der Waals surface area contributed by atoms with Gasteiger partial charge in [-0.05, 0) is 6.07 Å². The van der Waals surface area contributed by atoms with Gasteiger partial charge in [0.15, 0.2) is 0 Å². The summed E-state index contributed by atoms with van der Waals surface area (Å²) >= 11 is 0. The minimum atomic E-state index is -0.0238. The number of carbonyl (C=O) groups is 1. The molecule has 5 nitrogen and oxygen atoms in total. The summed E-state index contributed by atoms with van der Waals surface area (Å²) in [4.78, 5) is 18.7. The van der Waals surface area contributed by atoms with Crippen LogP contribution in [-0.4, -0.2) is 52.7 Å². The van der Waals surface area contributed by atoms with Crippen molar-refractivity contribution in [3.05, 3.63) is 36.0 Å². The van der Waals surface area contributed by atoms with Crippen molar-refractivity contribution in [1.82, 2.24) is 14.8 Å². The molecule has 0 bridgehead atoms. The van der Waals surface area contributed by atoms with Crippen LogP contribution in [0, 0.1) is 0 Å². The maximum atomic E-state index is 12.1. The minimum Gasteiger partial charge on any atom is -0.395 e. The SMILES string of the molecule is CN1C(=O)N(CCO)CC1c1c[nH]c2ccccc12. The van der Waals surface area contributed by atoms with Crippen LogP contribution in [0.3, 0.4) is 0 Å². The number of carbonyl (C=O) groups excluding carboxylic acids is 1. The van der Waals surface area contributed by atoms with Gasteiger partial charge in [0.25, 0.3) is 0 Å². The first-order chi connectivity index (χ1) is 9.22. The Kier molecular flexibility index (Phi) is 2.91. The van der Waals surface area contributed by atoms with Crippen molar-refractivity contribution in [1.29, 1.82) is 0 Å². The number of nitrogens with zero attached hydrogens (tertiary/aromatic N) is 2. The van der Waals surface area contributed by atoms with Crippen LogP contribution in [0.15, 0.2) is 30.5 Å². The van der Waals surface area contributed by atoms with E-state index in [1.54, 1.807) is 9.80 Å². The molecular weight excluding hydrogens is 242 g/mol. The lowest BCUT2D eigenvalue weighted by Crippen LogP contribution is -2.31. The zero-order valence-electron chi connectivity index (χ0n) is 10.8. The second kappa shape index (κ2) is 4.59. The molecule has 1 aliphatic rings. The molecule has 0 saturated carbocycles. The summed E-state index contributed by atoms with van der Waals surface area (Å²) in [6.45, 7) is 1.01. The molecule has 0 radical (unpaired) electrons. The lowest BCUT2D eigenvalue weighted by atomic mass is 10.1. The zero-order valence-corrected chi connectivity index (χ0v) is 10.8. The van der Waals surface area contributed by atoms with Gasteiger partial charge in [-0.25, -0.2) is 4.79 Å². The molecule has 1 saturated heterocycles. The lowest BCUT2D eigenvalue weighted by molar-refractivity contribution is 0.182. The third kappa shape index (κ3) is 1.86. The summed E-state index contributed by atoms with van der Waals surface area (Å²) in [5, 5.41) is 10.2. The Morgan fingerprint density at radius 3 is 3.00 bits per heavy atom. The number of aromatic amines is 1. The Bertz CT molecular complexity index is 608. The molecule has 2 aromatic rings. The van der Waals surface area contributed by atoms with Gasteiger partial charge in [-0.1, -0.05) is 18.2 Å². The molecule has 0 aliphatic carbocycles. The van der Waals surface area contributed by atoms with E-state index in [4.69, 9.17) is 5.11 Å². The number of hydrogen-bond donors (Lipinski definition) is 2. The number of hydrogen-bond acceptors (Lipinski definition) is 2. The van der Waals surface area contributed by atoms with Gasteiger partial charge in [0.1, 0.15) is 0 Å². The van der Waals surface area contributed by atoms with E-state index in [1.807, 2.05) is 31.4 Å². The number of urea groups is 1. The van der Waals surface area contributed by atoms with Crippen LogP contribution < -0.4 is 0 Å². The lowest BCUT2D eigenvalue weighted by Gasteiger charge is -2.17. The fourth-order valence-corrected chi connectivity index (χ4v) is 2.75. The summed E-state index contributed by atoms with van der Waals surface area (Å²) < 4.78 is 0. The van der Waals surface area contributed by atoms with E-state index in [-0.39, 0.29) is 18.7 Å². The molecule has 1 aromatic heterocycles. The van der Waals surface area contributed by atoms with Gasteiger partial charge in [0.05, 0.1) is 12.6 Å². The van der Waals surface area contributed by atoms with Crippen LogP contribution in [0.4, 0.5) is 4.79 Å². The molecule has 1 atom stereocenters. The zero-order chi connectivity index (χ0) is 13.4. The molecule has 19 heavy (non-hydrogen) atoms. The number of nitrogens with one attached hydrogen (secondary N) is 1. The predicted molar refractivity (Wildman–Crippen MR) is 72.9 cm³/mol. The fourth-order valence-electron chi connectivity index (χ4n) is 2.75. The number of fused-ring (bicyclic) bond motifs is 1. The summed E-state index contributed by atoms with van der Waals surface area (Å²) in [6, 6.07) is 8.10. The first-order valence-electron chi connectivity index (χ1n) is 6.41. The number of aliphatic hydroxyl groups excluding tert-OH is 1. The van der Waals surface area contributed by atoms with Crippen molar-refractivity contribution in [2.75, 3.05) is 26.7 Å². The Balaban J connectivity index is 1.96. The van der Waals surface area contributed by atoms with Gasteiger partial charge in [-0.3, -0.25) is 0 Å². The third-order valence-electron chi connectivity index (χ3n) is 3.78. The largest absolute Gasteiger partial charge is 0.395 e. The molecule has 5 heteroatoms. The first kappa shape index (κ1) is 12.0. The molecule has 2 N–H and O–H groups in total. The van der Waals surface area contributed by atoms with E-state index in [0.29, 0.717) is 13.1 Å². The smallest absolute Gasteiger partial charge is 0.320 e. The number of β-amino-alcohol motifs (C(OH)–C–C–N with tert-alkyl or cyclic N) is 1. The molecule has 100 valence electrons. The summed E-state index contributed by atoms with van der Waals surface area (Å²) in [5.74, 6) is 0. The van der Waals surface area contributed by atoms with Crippen LogP contribution >= 0.6 is 0 Å². The highest BCUT2D eigenvalue weighted by Crippen LogP contribution is 2.32. The number of aliphatic hydroxyl groups is 1. The van der Waals surface area contributed by atoms with Crippen molar-refractivity contribution in [3.8, 4) is 0 Å². The van der Waals surface area contributed by atoms with Crippen molar-refractivity contribution in [2.24, 2.45) is 0 Å². The number of aromatic nitrogens is 1. The molecule has 1 aromatic carbocycles. The topological polar surface area (TPSA) is 59.6 Å². The Hall–Kier alpha value is -2.01. The molecule has 1 aliphatic heterocycles. The molecule has 2 heterocycles. The van der Waals surface area contributed by atoms with Gasteiger partial charge < -0.3 is 19.9 Å². The van der Waals surface area contributed by atoms with Gasteiger partial charge in [-0.2, -0.15) is 0 Å². The maximum absolute atomic E-state index is 12.1. The van der Waals surface area contributed by atoms with Gasteiger partial charge in [0.2, 0.25) is 0 Å². The molecular formula is C14H17N3O2. The standard InChI is InChI=1S/C14H17N3O2/c1-16-13(9-17(6-7-18)14(16)19)11-8-15-12-5-3-2-4-10(11)12/h2-5,8,13,15,18H,6-7,9H2,1H3. The van der Waals surface area contributed by atoms with Gasteiger partial charge in [0, 0.05) is 42.8 Å². The number of benzene rings is 1.